The topological polar surface area (TPSA) is 175 Å². The van der Waals surface area contributed by atoms with Crippen molar-refractivity contribution >= 4 is 46.5 Å². The van der Waals surface area contributed by atoms with Gasteiger partial charge in [0.1, 0.15) is 11.6 Å². The second-order valence-electron chi connectivity index (χ2n) is 17.5. The molecular weight excluding hydrogens is 977 g/mol. The summed E-state index contributed by atoms with van der Waals surface area (Å²) in [4.78, 5) is 49.4. The highest BCUT2D eigenvalue weighted by atomic mass is 19.4. The minimum Gasteiger partial charge on any atom is -0.369 e. The first-order valence-corrected chi connectivity index (χ1v) is 22.7. The van der Waals surface area contributed by atoms with Crippen molar-refractivity contribution in [1.29, 1.82) is 0 Å². The summed E-state index contributed by atoms with van der Waals surface area (Å²) < 4.78 is 110. The normalized spacial score (nSPS) is 15.7. The van der Waals surface area contributed by atoms with Crippen molar-refractivity contribution in [2.75, 3.05) is 86.3 Å². The van der Waals surface area contributed by atoms with Gasteiger partial charge in [0, 0.05) is 75.2 Å². The molecule has 2 saturated heterocycles. The maximum absolute atomic E-state index is 14.6. The summed E-state index contributed by atoms with van der Waals surface area (Å²) in [5.74, 6) is 7.87. The lowest BCUT2D eigenvalue weighted by Crippen LogP contribution is -2.34. The Labute approximate surface area is 420 Å². The number of anilines is 6. The fraction of sp³-hybridized carbons (Fsp3) is 0.269. The van der Waals surface area contributed by atoms with Gasteiger partial charge in [-0.15, -0.1) is 0 Å². The Morgan fingerprint density at radius 3 is 1.24 bits per heavy atom. The minimum absolute atomic E-state index is 0.0463. The Morgan fingerprint density at radius 1 is 0.568 bits per heavy atom. The van der Waals surface area contributed by atoms with Crippen LogP contribution in [-0.4, -0.2) is 108 Å². The predicted molar refractivity (Wildman–Crippen MR) is 265 cm³/mol. The zero-order valence-corrected chi connectivity index (χ0v) is 40.2. The highest BCUT2D eigenvalue weighted by Gasteiger charge is 2.34. The molecule has 2 atom stereocenters. The molecule has 14 nitrogen and oxygen atoms in total. The first-order chi connectivity index (χ1) is 35.0. The lowest BCUT2D eigenvalue weighted by atomic mass is 10.1. The van der Waals surface area contributed by atoms with E-state index >= 15 is 0 Å². The van der Waals surface area contributed by atoms with Crippen molar-refractivity contribution in [2.45, 2.75) is 37.3 Å². The molecule has 6 aromatic rings. The molecule has 4 heterocycles. The van der Waals surface area contributed by atoms with Crippen LogP contribution in [0.25, 0.3) is 0 Å². The van der Waals surface area contributed by atoms with E-state index in [0.717, 1.165) is 75.4 Å². The molecule has 0 spiro atoms. The van der Waals surface area contributed by atoms with Gasteiger partial charge in [0.05, 0.1) is 56.1 Å². The van der Waals surface area contributed by atoms with Gasteiger partial charge in [-0.05, 0) is 113 Å². The van der Waals surface area contributed by atoms with Crippen molar-refractivity contribution in [3.63, 3.8) is 0 Å². The first kappa shape index (κ1) is 53.5. The van der Waals surface area contributed by atoms with E-state index in [2.05, 4.69) is 64.1 Å². The van der Waals surface area contributed by atoms with Gasteiger partial charge in [-0.2, -0.15) is 26.3 Å². The molecule has 2 aliphatic heterocycles. The molecule has 8 rings (SSSR count). The van der Waals surface area contributed by atoms with E-state index in [9.17, 15) is 44.7 Å². The van der Waals surface area contributed by atoms with Crippen LogP contribution in [0.15, 0.2) is 97.6 Å². The molecule has 384 valence electrons. The molecule has 2 aromatic heterocycles. The quantitative estimate of drug-likeness (QED) is 0.0856. The number of amides is 2. The standard InChI is InChI=1S/2C26H24F4N6O/c2*1-35-10-9-19(15-35)36(2)23-8-6-18(26(28,29)30)12-22(23)34-24(37)20-11-16(5-7-21(20)27)3-4-17-13-32-25(31)33-14-17/h2*5-8,11-14,19H,9-10,15H2,1-2H3,(H,34,37)(H2,31,32,33). The molecule has 0 radical (unpaired) electrons. The SMILES string of the molecule is CN1CCC(N(C)c2ccc(C(F)(F)F)cc2NC(=O)c2cc(C#Cc3cnc(N)nc3)ccc2F)C1.CN1CCC(N(C)c2ccc(C(F)(F)F)cc2NC(=O)c2cc(C#Cc3cnc(N)nc3)ccc2F)C1. The van der Waals surface area contributed by atoms with E-state index in [1.165, 1.54) is 61.2 Å². The minimum atomic E-state index is -4.61. The van der Waals surface area contributed by atoms with Crippen LogP contribution in [0, 0.1) is 35.3 Å². The van der Waals surface area contributed by atoms with E-state index in [1.807, 2.05) is 23.9 Å². The molecule has 0 bridgehead atoms. The van der Waals surface area contributed by atoms with Gasteiger partial charge in [-0.3, -0.25) is 9.59 Å². The molecule has 2 unspecified atom stereocenters. The number of benzene rings is 4. The summed E-state index contributed by atoms with van der Waals surface area (Å²) in [5.41, 5.74) is 10.6. The molecule has 2 fully saturated rings. The van der Waals surface area contributed by atoms with Crippen LogP contribution in [-0.2, 0) is 12.4 Å². The van der Waals surface area contributed by atoms with E-state index in [4.69, 9.17) is 11.5 Å². The molecule has 0 saturated carbocycles. The molecule has 22 heteroatoms. The number of nitrogen functional groups attached to an aromatic ring is 2. The zero-order valence-electron chi connectivity index (χ0n) is 40.2. The van der Waals surface area contributed by atoms with E-state index in [-0.39, 0.29) is 46.5 Å². The van der Waals surface area contributed by atoms with E-state index < -0.39 is 46.9 Å². The zero-order chi connectivity index (χ0) is 53.5. The fourth-order valence-electron chi connectivity index (χ4n) is 8.12. The lowest BCUT2D eigenvalue weighted by Gasteiger charge is -2.29. The summed E-state index contributed by atoms with van der Waals surface area (Å²) in [7, 11) is 7.45. The number of likely N-dealkylation sites (N-methyl/N-ethyl adjacent to an activating group) is 4. The molecule has 74 heavy (non-hydrogen) atoms. The molecular formula is C52H48F8N12O2. The van der Waals surface area contributed by atoms with E-state index in [1.54, 1.807) is 14.1 Å². The monoisotopic (exact) mass is 1020 g/mol. The second kappa shape index (κ2) is 22.6. The number of nitrogens with two attached hydrogens (primary N) is 2. The van der Waals surface area contributed by atoms with Crippen molar-refractivity contribution in [1.82, 2.24) is 29.7 Å². The summed E-state index contributed by atoms with van der Waals surface area (Å²) in [6.07, 6.45) is -1.93. The van der Waals surface area contributed by atoms with Gasteiger partial charge >= 0.3 is 12.4 Å². The number of hydrogen-bond acceptors (Lipinski definition) is 12. The van der Waals surface area contributed by atoms with Crippen molar-refractivity contribution in [3.8, 4) is 23.7 Å². The van der Waals surface area contributed by atoms with Crippen LogP contribution in [0.1, 0.15) is 66.9 Å². The van der Waals surface area contributed by atoms with Gasteiger partial charge in [-0.1, -0.05) is 23.7 Å². The van der Waals surface area contributed by atoms with Crippen LogP contribution in [0.3, 0.4) is 0 Å². The lowest BCUT2D eigenvalue weighted by molar-refractivity contribution is -0.138. The number of nitrogens with zero attached hydrogens (tertiary/aromatic N) is 8. The number of carbonyl (C=O) groups excluding carboxylic acids is 2. The highest BCUT2D eigenvalue weighted by Crippen LogP contribution is 2.38. The van der Waals surface area contributed by atoms with Crippen molar-refractivity contribution < 1.29 is 44.7 Å². The molecule has 4 aromatic carbocycles. The average Bonchev–Trinajstić information content (AvgIpc) is 4.01. The van der Waals surface area contributed by atoms with Gasteiger partial charge in [0.25, 0.3) is 11.8 Å². The molecule has 2 aliphatic rings. The van der Waals surface area contributed by atoms with Crippen LogP contribution in [0.2, 0.25) is 0 Å². The summed E-state index contributed by atoms with van der Waals surface area (Å²) in [6.45, 7) is 3.14. The fourth-order valence-corrected chi connectivity index (χ4v) is 8.12. The number of likely N-dealkylation sites (tertiary alicyclic amines) is 2. The van der Waals surface area contributed by atoms with E-state index in [0.29, 0.717) is 33.6 Å². The Balaban J connectivity index is 0.000000216. The number of halogens is 8. The number of rotatable bonds is 8. The summed E-state index contributed by atoms with van der Waals surface area (Å²) >= 11 is 0. The third kappa shape index (κ3) is 13.6. The molecule has 2 amide bonds. The summed E-state index contributed by atoms with van der Waals surface area (Å²) in [5, 5.41) is 4.97. The number of carbonyl (C=O) groups is 2. The third-order valence-electron chi connectivity index (χ3n) is 12.2. The maximum Gasteiger partial charge on any atom is 0.416 e. The van der Waals surface area contributed by atoms with Crippen molar-refractivity contribution in [3.05, 3.63) is 154 Å². The van der Waals surface area contributed by atoms with Crippen LogP contribution in [0.4, 0.5) is 69.8 Å². The second-order valence-corrected chi connectivity index (χ2v) is 17.5. The van der Waals surface area contributed by atoms with Crippen molar-refractivity contribution in [2.24, 2.45) is 0 Å². The van der Waals surface area contributed by atoms with Crippen LogP contribution in [0.5, 0.6) is 0 Å². The smallest absolute Gasteiger partial charge is 0.369 e. The number of hydrogen-bond donors (Lipinski definition) is 4. The largest absolute Gasteiger partial charge is 0.416 e. The molecule has 6 N–H and O–H groups in total. The highest BCUT2D eigenvalue weighted by molar-refractivity contribution is 6.07. The van der Waals surface area contributed by atoms with Crippen LogP contribution >= 0.6 is 0 Å². The predicted octanol–water partition coefficient (Wildman–Crippen LogP) is 8.02. The summed E-state index contributed by atoms with van der Waals surface area (Å²) in [6, 6.07) is 13.8. The van der Waals surface area contributed by atoms with Gasteiger partial charge < -0.3 is 41.7 Å². The number of aromatic nitrogens is 4. The van der Waals surface area contributed by atoms with Gasteiger partial charge in [0.15, 0.2) is 0 Å². The average molecular weight is 1030 g/mol. The maximum atomic E-state index is 14.6. The first-order valence-electron chi connectivity index (χ1n) is 22.7. The van der Waals surface area contributed by atoms with Gasteiger partial charge in [0.2, 0.25) is 11.9 Å². The van der Waals surface area contributed by atoms with Crippen LogP contribution < -0.4 is 31.9 Å². The molecule has 0 aliphatic carbocycles. The third-order valence-corrected chi connectivity index (χ3v) is 12.2. The Morgan fingerprint density at radius 2 is 0.919 bits per heavy atom. The number of nitrogens with one attached hydrogen (secondary N) is 2. The Kier molecular flexibility index (Phi) is 16.3. The Hall–Kier alpha value is -8.34. The van der Waals surface area contributed by atoms with Gasteiger partial charge in [-0.25, -0.2) is 28.7 Å². The Bertz CT molecular complexity index is 2940. The number of alkyl halides is 6.